The van der Waals surface area contributed by atoms with E-state index in [1.54, 1.807) is 0 Å². The second-order valence-electron chi connectivity index (χ2n) is 4.13. The van der Waals surface area contributed by atoms with E-state index in [0.29, 0.717) is 0 Å². The molecule has 82 valence electrons. The molecule has 0 saturated heterocycles. The maximum Gasteiger partial charge on any atom is 0.0689 e. The third-order valence-corrected chi connectivity index (χ3v) is 2.59. The third-order valence-electron chi connectivity index (χ3n) is 2.59. The van der Waals surface area contributed by atoms with Crippen molar-refractivity contribution < 1.29 is 0 Å². The number of aromatic nitrogens is 1. The molecular formula is C14H16N2. The van der Waals surface area contributed by atoms with Gasteiger partial charge in [0.1, 0.15) is 0 Å². The van der Waals surface area contributed by atoms with Gasteiger partial charge in [-0.3, -0.25) is 4.99 Å². The minimum absolute atomic E-state index is 1.03. The molecule has 1 aromatic heterocycles. The van der Waals surface area contributed by atoms with Gasteiger partial charge in [0, 0.05) is 6.20 Å². The Morgan fingerprint density at radius 1 is 1.12 bits per heavy atom. The highest BCUT2D eigenvalue weighted by atomic mass is 14.8. The zero-order chi connectivity index (χ0) is 11.5. The molecule has 1 aromatic carbocycles. The average Bonchev–Trinajstić information content (AvgIpc) is 2.68. The topological polar surface area (TPSA) is 28.1 Å². The summed E-state index contributed by atoms with van der Waals surface area (Å²) in [6.07, 6.45) is 3.76. The SMILES string of the molecule is Cc1cc(C)c(N=Cc2ccc[nH]2)c(C)c1. The first-order valence-electron chi connectivity index (χ1n) is 5.42. The molecule has 2 heteroatoms. The molecule has 2 nitrogen and oxygen atoms in total. The number of nitrogens with one attached hydrogen (secondary N) is 1. The largest absolute Gasteiger partial charge is 0.360 e. The molecule has 0 aliphatic carbocycles. The zero-order valence-electron chi connectivity index (χ0n) is 9.91. The van der Waals surface area contributed by atoms with Crippen LogP contribution in [0.25, 0.3) is 0 Å². The fourth-order valence-electron chi connectivity index (χ4n) is 1.93. The Morgan fingerprint density at radius 2 is 1.81 bits per heavy atom. The number of benzene rings is 1. The Morgan fingerprint density at radius 3 is 2.38 bits per heavy atom. The molecular weight excluding hydrogens is 196 g/mol. The molecule has 0 radical (unpaired) electrons. The Hall–Kier alpha value is -1.83. The smallest absolute Gasteiger partial charge is 0.0689 e. The maximum absolute atomic E-state index is 4.53. The Kier molecular flexibility index (Phi) is 2.91. The van der Waals surface area contributed by atoms with Gasteiger partial charge in [-0.1, -0.05) is 17.7 Å². The first kappa shape index (κ1) is 10.7. The average molecular weight is 212 g/mol. The van der Waals surface area contributed by atoms with E-state index in [0.717, 1.165) is 11.4 Å². The molecule has 0 fully saturated rings. The van der Waals surface area contributed by atoms with E-state index in [-0.39, 0.29) is 0 Å². The van der Waals surface area contributed by atoms with Crippen LogP contribution in [0, 0.1) is 20.8 Å². The van der Waals surface area contributed by atoms with Gasteiger partial charge in [0.2, 0.25) is 0 Å². The number of hydrogen-bond acceptors (Lipinski definition) is 1. The van der Waals surface area contributed by atoms with Gasteiger partial charge in [-0.15, -0.1) is 0 Å². The van der Waals surface area contributed by atoms with Crippen molar-refractivity contribution in [2.45, 2.75) is 20.8 Å². The molecule has 0 aliphatic heterocycles. The van der Waals surface area contributed by atoms with E-state index in [9.17, 15) is 0 Å². The van der Waals surface area contributed by atoms with Crippen molar-refractivity contribution in [2.75, 3.05) is 0 Å². The normalized spacial score (nSPS) is 11.2. The summed E-state index contributed by atoms with van der Waals surface area (Å²) in [4.78, 5) is 7.64. The highest BCUT2D eigenvalue weighted by Gasteiger charge is 2.01. The first-order valence-corrected chi connectivity index (χ1v) is 5.42. The Labute approximate surface area is 96.1 Å². The monoisotopic (exact) mass is 212 g/mol. The van der Waals surface area contributed by atoms with Crippen LogP contribution >= 0.6 is 0 Å². The highest BCUT2D eigenvalue weighted by Crippen LogP contribution is 2.24. The van der Waals surface area contributed by atoms with Gasteiger partial charge in [0.25, 0.3) is 0 Å². The summed E-state index contributed by atoms with van der Waals surface area (Å²) in [7, 11) is 0. The Balaban J connectivity index is 2.35. The standard InChI is InChI=1S/C14H16N2/c1-10-7-11(2)14(12(3)8-10)16-9-13-5-4-6-15-13/h4-9,15H,1-3H3. The van der Waals surface area contributed by atoms with E-state index in [1.807, 2.05) is 24.5 Å². The van der Waals surface area contributed by atoms with Gasteiger partial charge >= 0.3 is 0 Å². The van der Waals surface area contributed by atoms with Gasteiger partial charge < -0.3 is 4.98 Å². The van der Waals surface area contributed by atoms with Crippen LogP contribution < -0.4 is 0 Å². The molecule has 0 aliphatic rings. The van der Waals surface area contributed by atoms with Crippen molar-refractivity contribution in [3.05, 3.63) is 52.8 Å². The summed E-state index contributed by atoms with van der Waals surface area (Å²) in [5, 5.41) is 0. The molecule has 16 heavy (non-hydrogen) atoms. The number of aryl methyl sites for hydroxylation is 3. The number of rotatable bonds is 2. The number of aliphatic imine (C=N–C) groups is 1. The molecule has 1 N–H and O–H groups in total. The van der Waals surface area contributed by atoms with Crippen LogP contribution in [0.1, 0.15) is 22.4 Å². The van der Waals surface area contributed by atoms with Crippen LogP contribution in [0.2, 0.25) is 0 Å². The molecule has 0 saturated carbocycles. The fraction of sp³-hybridized carbons (Fsp3) is 0.214. The zero-order valence-corrected chi connectivity index (χ0v) is 9.91. The van der Waals surface area contributed by atoms with Crippen molar-refractivity contribution >= 4 is 11.9 Å². The maximum atomic E-state index is 4.53. The van der Waals surface area contributed by atoms with E-state index >= 15 is 0 Å². The van der Waals surface area contributed by atoms with Gasteiger partial charge in [-0.2, -0.15) is 0 Å². The predicted molar refractivity (Wildman–Crippen MR) is 68.7 cm³/mol. The lowest BCUT2D eigenvalue weighted by molar-refractivity contribution is 1.28. The lowest BCUT2D eigenvalue weighted by atomic mass is 10.1. The molecule has 0 spiro atoms. The summed E-state index contributed by atoms with van der Waals surface area (Å²) < 4.78 is 0. The van der Waals surface area contributed by atoms with Crippen molar-refractivity contribution in [1.29, 1.82) is 0 Å². The van der Waals surface area contributed by atoms with Crippen molar-refractivity contribution in [3.8, 4) is 0 Å². The predicted octanol–water partition coefficient (Wildman–Crippen LogP) is 3.69. The van der Waals surface area contributed by atoms with Gasteiger partial charge in [0.15, 0.2) is 0 Å². The summed E-state index contributed by atoms with van der Waals surface area (Å²) >= 11 is 0. The minimum atomic E-state index is 1.03. The molecule has 0 unspecified atom stereocenters. The summed E-state index contributed by atoms with van der Waals surface area (Å²) in [6, 6.07) is 8.29. The van der Waals surface area contributed by atoms with Crippen LogP contribution in [0.5, 0.6) is 0 Å². The molecule has 0 atom stereocenters. The lowest BCUT2D eigenvalue weighted by Gasteiger charge is -2.05. The van der Waals surface area contributed by atoms with E-state index in [4.69, 9.17) is 0 Å². The van der Waals surface area contributed by atoms with Crippen LogP contribution in [0.3, 0.4) is 0 Å². The van der Waals surface area contributed by atoms with Gasteiger partial charge in [-0.05, 0) is 44.0 Å². The lowest BCUT2D eigenvalue weighted by Crippen LogP contribution is -1.85. The number of H-pyrrole nitrogens is 1. The van der Waals surface area contributed by atoms with E-state index in [2.05, 4.69) is 42.9 Å². The second-order valence-corrected chi connectivity index (χ2v) is 4.13. The van der Waals surface area contributed by atoms with E-state index < -0.39 is 0 Å². The highest BCUT2D eigenvalue weighted by molar-refractivity contribution is 5.80. The summed E-state index contributed by atoms with van der Waals surface area (Å²) in [5.74, 6) is 0. The van der Waals surface area contributed by atoms with Gasteiger partial charge in [0.05, 0.1) is 17.6 Å². The van der Waals surface area contributed by atoms with Crippen LogP contribution in [0.15, 0.2) is 35.5 Å². The summed E-state index contributed by atoms with van der Waals surface area (Å²) in [5.41, 5.74) is 5.83. The minimum Gasteiger partial charge on any atom is -0.360 e. The van der Waals surface area contributed by atoms with Gasteiger partial charge in [-0.25, -0.2) is 0 Å². The molecule has 2 aromatic rings. The van der Waals surface area contributed by atoms with E-state index in [1.165, 1.54) is 16.7 Å². The molecule has 2 rings (SSSR count). The fourth-order valence-corrected chi connectivity index (χ4v) is 1.93. The first-order chi connectivity index (χ1) is 7.66. The Bertz CT molecular complexity index is 485. The molecule has 0 bridgehead atoms. The van der Waals surface area contributed by atoms with Crippen molar-refractivity contribution in [2.24, 2.45) is 4.99 Å². The number of aromatic amines is 1. The van der Waals surface area contributed by atoms with Crippen LogP contribution in [-0.2, 0) is 0 Å². The quantitative estimate of drug-likeness (QED) is 0.735. The third kappa shape index (κ3) is 2.22. The van der Waals surface area contributed by atoms with Crippen LogP contribution in [-0.4, -0.2) is 11.2 Å². The summed E-state index contributed by atoms with van der Waals surface area (Å²) in [6.45, 7) is 6.31. The second kappa shape index (κ2) is 4.35. The molecule has 0 amide bonds. The number of nitrogens with zero attached hydrogens (tertiary/aromatic N) is 1. The van der Waals surface area contributed by atoms with Crippen LogP contribution in [0.4, 0.5) is 5.69 Å². The number of hydrogen-bond donors (Lipinski definition) is 1. The van der Waals surface area contributed by atoms with Crippen molar-refractivity contribution in [1.82, 2.24) is 4.98 Å². The van der Waals surface area contributed by atoms with Crippen molar-refractivity contribution in [3.63, 3.8) is 0 Å². The molecule has 1 heterocycles.